The van der Waals surface area contributed by atoms with Gasteiger partial charge in [0.1, 0.15) is 29.4 Å². The molecule has 1 aliphatic heterocycles. The van der Waals surface area contributed by atoms with Crippen LogP contribution in [0.3, 0.4) is 0 Å². The molecule has 1 saturated heterocycles. The summed E-state index contributed by atoms with van der Waals surface area (Å²) in [6.45, 7) is 9.87. The summed E-state index contributed by atoms with van der Waals surface area (Å²) < 4.78 is 17.7. The Morgan fingerprint density at radius 1 is 0.973 bits per heavy atom. The van der Waals surface area contributed by atoms with Crippen LogP contribution in [0.4, 0.5) is 5.82 Å². The zero-order valence-electron chi connectivity index (χ0n) is 22.7. The van der Waals surface area contributed by atoms with E-state index in [0.29, 0.717) is 37.3 Å². The quantitative estimate of drug-likeness (QED) is 0.302. The van der Waals surface area contributed by atoms with Crippen LogP contribution in [-0.2, 0) is 4.74 Å². The topological polar surface area (TPSA) is 55.9 Å². The molecule has 2 atom stereocenters. The summed E-state index contributed by atoms with van der Waals surface area (Å²) in [6.07, 6.45) is 8.87. The number of benzene rings is 1. The van der Waals surface area contributed by atoms with Crippen LogP contribution in [0.2, 0.25) is 0 Å². The van der Waals surface area contributed by atoms with Crippen LogP contribution in [0.15, 0.2) is 24.3 Å². The number of hydrogen-bond donors (Lipinski definition) is 1. The minimum absolute atomic E-state index is 0. The van der Waals surface area contributed by atoms with Gasteiger partial charge in [0.05, 0.1) is 13.2 Å². The molecule has 9 heteroatoms. The van der Waals surface area contributed by atoms with Gasteiger partial charge in [-0.25, -0.2) is 4.98 Å². The van der Waals surface area contributed by atoms with Crippen molar-refractivity contribution < 1.29 is 14.2 Å². The molecule has 1 N–H and O–H groups in total. The lowest BCUT2D eigenvalue weighted by Crippen LogP contribution is -2.52. The predicted octanol–water partition coefficient (Wildman–Crippen LogP) is 7.16. The van der Waals surface area contributed by atoms with Crippen LogP contribution in [0, 0.1) is 5.92 Å². The first-order valence-corrected chi connectivity index (χ1v) is 13.3. The van der Waals surface area contributed by atoms with E-state index in [1.807, 2.05) is 18.2 Å². The molecule has 2 fully saturated rings. The van der Waals surface area contributed by atoms with Crippen molar-refractivity contribution in [1.29, 1.82) is 0 Å². The molecular weight excluding hydrogens is 533 g/mol. The molecule has 0 radical (unpaired) electrons. The fourth-order valence-corrected chi connectivity index (χ4v) is 5.58. The van der Waals surface area contributed by atoms with Gasteiger partial charge in [-0.05, 0) is 71.0 Å². The number of piperidine rings is 1. The summed E-state index contributed by atoms with van der Waals surface area (Å²) in [5, 5.41) is 4.74. The summed E-state index contributed by atoms with van der Waals surface area (Å²) in [4.78, 5) is 7.64. The van der Waals surface area contributed by atoms with Gasteiger partial charge in [0.15, 0.2) is 0 Å². The molecule has 0 spiro atoms. The number of nitrogens with zero attached hydrogens (tertiary/aromatic N) is 2. The molecule has 1 aromatic heterocycles. The molecule has 2 heterocycles. The fourth-order valence-electron chi connectivity index (χ4n) is 5.58. The monoisotopic (exact) mass is 577 g/mol. The molecule has 2 aliphatic rings. The Bertz CT molecular complexity index is 928. The maximum absolute atomic E-state index is 6.38. The van der Waals surface area contributed by atoms with Gasteiger partial charge in [-0.3, -0.25) is 4.90 Å². The fraction of sp³-hybridized carbons (Fsp3) is 0.679. The molecule has 1 unspecified atom stereocenters. The van der Waals surface area contributed by atoms with Crippen LogP contribution < -0.4 is 14.8 Å². The van der Waals surface area contributed by atoms with Gasteiger partial charge >= 0.3 is 0 Å². The van der Waals surface area contributed by atoms with E-state index in [1.54, 1.807) is 7.11 Å². The molecule has 0 amide bonds. The number of hydrogen-bond acceptors (Lipinski definition) is 6. The van der Waals surface area contributed by atoms with Crippen molar-refractivity contribution in [2.75, 3.05) is 38.8 Å². The Morgan fingerprint density at radius 3 is 2.43 bits per heavy atom. The van der Waals surface area contributed by atoms with E-state index in [2.05, 4.69) is 37.1 Å². The highest BCUT2D eigenvalue weighted by molar-refractivity contribution is 5.91. The Kier molecular flexibility index (Phi) is 15.3. The first-order valence-electron chi connectivity index (χ1n) is 13.3. The normalized spacial score (nSPS) is 20.5. The van der Waals surface area contributed by atoms with Crippen LogP contribution >= 0.6 is 37.2 Å². The zero-order valence-corrected chi connectivity index (χ0v) is 25.2. The number of rotatable bonds is 10. The van der Waals surface area contributed by atoms with E-state index in [4.69, 9.17) is 19.2 Å². The molecule has 4 rings (SSSR count). The number of nitrogens with one attached hydrogen (secondary N) is 1. The molecule has 37 heavy (non-hydrogen) atoms. The third-order valence-electron chi connectivity index (χ3n) is 7.54. The van der Waals surface area contributed by atoms with Crippen LogP contribution in [0.1, 0.15) is 65.7 Å². The van der Waals surface area contributed by atoms with Crippen molar-refractivity contribution >= 4 is 53.9 Å². The van der Waals surface area contributed by atoms with Gasteiger partial charge < -0.3 is 19.5 Å². The number of para-hydroxylation sites is 1. The minimum Gasteiger partial charge on any atom is -0.491 e. The lowest BCUT2D eigenvalue weighted by atomic mass is 9.90. The smallest absolute Gasteiger partial charge is 0.145 e. The molecule has 1 saturated carbocycles. The predicted molar refractivity (Wildman–Crippen MR) is 161 cm³/mol. The van der Waals surface area contributed by atoms with E-state index in [0.717, 1.165) is 47.8 Å². The first kappa shape index (κ1) is 33.8. The largest absolute Gasteiger partial charge is 0.491 e. The summed E-state index contributed by atoms with van der Waals surface area (Å²) in [5.74, 6) is 3.18. The maximum atomic E-state index is 6.38. The van der Waals surface area contributed by atoms with Crippen LogP contribution in [-0.4, -0.2) is 61.5 Å². The number of pyridine rings is 1. The minimum atomic E-state index is 0. The Hall–Kier alpha value is -1.18. The molecule has 212 valence electrons. The van der Waals surface area contributed by atoms with Gasteiger partial charge in [0.25, 0.3) is 0 Å². The van der Waals surface area contributed by atoms with Gasteiger partial charge in [0, 0.05) is 36.7 Å². The van der Waals surface area contributed by atoms with E-state index in [9.17, 15) is 0 Å². The summed E-state index contributed by atoms with van der Waals surface area (Å²) in [6, 6.07) is 9.54. The lowest BCUT2D eigenvalue weighted by molar-refractivity contribution is 0.112. The Balaban J connectivity index is 0.00000228. The molecule has 1 aliphatic carbocycles. The lowest BCUT2D eigenvalue weighted by Gasteiger charge is -2.42. The van der Waals surface area contributed by atoms with E-state index >= 15 is 0 Å². The average Bonchev–Trinajstić information content (AvgIpc) is 2.84. The third-order valence-corrected chi connectivity index (χ3v) is 7.54. The number of halogens is 3. The van der Waals surface area contributed by atoms with Gasteiger partial charge in [-0.2, -0.15) is 0 Å². The molecular formula is C28H46Cl3N3O3. The molecule has 2 aromatic rings. The van der Waals surface area contributed by atoms with Gasteiger partial charge in [-0.1, -0.05) is 25.3 Å². The van der Waals surface area contributed by atoms with Crippen LogP contribution in [0.5, 0.6) is 11.5 Å². The summed E-state index contributed by atoms with van der Waals surface area (Å²) >= 11 is 0. The second kappa shape index (κ2) is 16.7. The Labute approximate surface area is 241 Å². The molecule has 0 bridgehead atoms. The van der Waals surface area contributed by atoms with Crippen LogP contribution in [0.25, 0.3) is 10.9 Å². The number of aromatic nitrogens is 1. The second-order valence-corrected chi connectivity index (χ2v) is 10.3. The zero-order chi connectivity index (χ0) is 23.9. The molecule has 1 aromatic carbocycles. The molecule has 6 nitrogen and oxygen atoms in total. The number of fused-ring (bicyclic) bond motifs is 1. The number of likely N-dealkylation sites (tertiary alicyclic amines) is 1. The van der Waals surface area contributed by atoms with Crippen molar-refractivity contribution in [2.24, 2.45) is 5.92 Å². The SMILES string of the molecule is COCCOc1cc(NC2CCCN(C(C)C)[C@@H]2C)nc2c(OCC3CCCCC3)cccc12.Cl.Cl.Cl. The van der Waals surface area contributed by atoms with Crippen molar-refractivity contribution in [2.45, 2.75) is 83.8 Å². The van der Waals surface area contributed by atoms with E-state index in [1.165, 1.54) is 38.5 Å². The van der Waals surface area contributed by atoms with Crippen molar-refractivity contribution in [3.63, 3.8) is 0 Å². The number of ether oxygens (including phenoxy) is 3. The standard InChI is InChI=1S/C28H43N3O3.3ClH/c1-20(2)31-15-9-13-24(21(31)3)29-27-18-26(33-17-16-32-4)23-12-8-14-25(28(23)30-27)34-19-22-10-6-5-7-11-22;;;/h8,12,14,18,20-22,24H,5-7,9-11,13,15-17,19H2,1-4H3,(H,29,30);3*1H/t21-,24?;;;/m1.../s1. The summed E-state index contributed by atoms with van der Waals surface area (Å²) in [5.41, 5.74) is 0.875. The van der Waals surface area contributed by atoms with Crippen molar-refractivity contribution in [3.05, 3.63) is 24.3 Å². The average molecular weight is 579 g/mol. The van der Waals surface area contributed by atoms with E-state index in [-0.39, 0.29) is 37.2 Å². The van der Waals surface area contributed by atoms with Crippen molar-refractivity contribution in [3.8, 4) is 11.5 Å². The van der Waals surface area contributed by atoms with Gasteiger partial charge in [0.2, 0.25) is 0 Å². The number of anilines is 1. The van der Waals surface area contributed by atoms with Crippen molar-refractivity contribution in [1.82, 2.24) is 9.88 Å². The first-order chi connectivity index (χ1) is 16.6. The van der Waals surface area contributed by atoms with E-state index < -0.39 is 0 Å². The second-order valence-electron chi connectivity index (χ2n) is 10.3. The maximum Gasteiger partial charge on any atom is 0.145 e. The number of methoxy groups -OCH3 is 1. The Morgan fingerprint density at radius 2 is 1.73 bits per heavy atom. The highest BCUT2D eigenvalue weighted by Gasteiger charge is 2.30. The highest BCUT2D eigenvalue weighted by Crippen LogP contribution is 2.35. The van der Waals surface area contributed by atoms with Gasteiger partial charge in [-0.15, -0.1) is 37.2 Å². The highest BCUT2D eigenvalue weighted by atomic mass is 35.5. The summed E-state index contributed by atoms with van der Waals surface area (Å²) in [7, 11) is 1.70. The third kappa shape index (κ3) is 8.93.